The van der Waals surface area contributed by atoms with Crippen molar-refractivity contribution in [1.29, 1.82) is 0 Å². The van der Waals surface area contributed by atoms with E-state index in [1.807, 2.05) is 37.4 Å². The van der Waals surface area contributed by atoms with Crippen LogP contribution in [0.4, 0.5) is 5.82 Å². The Balaban J connectivity index is 2.15. The summed E-state index contributed by atoms with van der Waals surface area (Å²) < 4.78 is 5.38. The number of methoxy groups -OCH3 is 1. The summed E-state index contributed by atoms with van der Waals surface area (Å²) in [6.07, 6.45) is 0. The van der Waals surface area contributed by atoms with E-state index in [1.165, 1.54) is 0 Å². The first-order chi connectivity index (χ1) is 9.91. The van der Waals surface area contributed by atoms with E-state index in [0.29, 0.717) is 0 Å². The van der Waals surface area contributed by atoms with Crippen molar-refractivity contribution in [2.24, 2.45) is 0 Å². The number of ether oxygens (including phenoxy) is 1. The van der Waals surface area contributed by atoms with Crippen LogP contribution in [0.25, 0.3) is 0 Å². The van der Waals surface area contributed by atoms with Crippen LogP contribution in [0.15, 0.2) is 36.4 Å². The molecule has 0 bridgehead atoms. The SMILES string of the molecule is COc1ccccc1CN(C)c1ccc(C(C)(C)C)nn1. The lowest BCUT2D eigenvalue weighted by molar-refractivity contribution is 0.409. The fourth-order valence-corrected chi connectivity index (χ4v) is 2.10. The Bertz CT molecular complexity index is 588. The molecule has 0 aliphatic heterocycles. The number of benzene rings is 1. The molecule has 0 amide bonds. The van der Waals surface area contributed by atoms with E-state index in [-0.39, 0.29) is 5.41 Å². The molecule has 1 aromatic heterocycles. The van der Waals surface area contributed by atoms with Gasteiger partial charge in [0.1, 0.15) is 5.75 Å². The zero-order valence-corrected chi connectivity index (χ0v) is 13.4. The number of para-hydroxylation sites is 1. The molecule has 0 radical (unpaired) electrons. The van der Waals surface area contributed by atoms with Gasteiger partial charge in [-0.3, -0.25) is 0 Å². The van der Waals surface area contributed by atoms with Crippen LogP contribution >= 0.6 is 0 Å². The molecule has 2 aromatic rings. The van der Waals surface area contributed by atoms with Gasteiger partial charge in [-0.2, -0.15) is 5.10 Å². The molecular formula is C17H23N3O. The summed E-state index contributed by atoms with van der Waals surface area (Å²) in [5, 5.41) is 8.66. The molecule has 112 valence electrons. The number of aromatic nitrogens is 2. The van der Waals surface area contributed by atoms with Gasteiger partial charge in [0.2, 0.25) is 0 Å². The van der Waals surface area contributed by atoms with Crippen LogP contribution in [0.5, 0.6) is 5.75 Å². The van der Waals surface area contributed by atoms with Crippen molar-refractivity contribution in [1.82, 2.24) is 10.2 Å². The largest absolute Gasteiger partial charge is 0.496 e. The molecule has 4 nitrogen and oxygen atoms in total. The van der Waals surface area contributed by atoms with Crippen LogP contribution in [0.2, 0.25) is 0 Å². The summed E-state index contributed by atoms with van der Waals surface area (Å²) in [6, 6.07) is 12.1. The fourth-order valence-electron chi connectivity index (χ4n) is 2.10. The molecule has 4 heteroatoms. The van der Waals surface area contributed by atoms with Crippen molar-refractivity contribution in [3.63, 3.8) is 0 Å². The second-order valence-corrected chi connectivity index (χ2v) is 6.19. The average molecular weight is 285 g/mol. The summed E-state index contributed by atoms with van der Waals surface area (Å²) >= 11 is 0. The van der Waals surface area contributed by atoms with Crippen molar-refractivity contribution in [2.75, 3.05) is 19.1 Å². The summed E-state index contributed by atoms with van der Waals surface area (Å²) in [5.74, 6) is 1.75. The highest BCUT2D eigenvalue weighted by Gasteiger charge is 2.16. The molecule has 0 spiro atoms. The van der Waals surface area contributed by atoms with Crippen LogP contribution in [-0.2, 0) is 12.0 Å². The molecule has 0 aliphatic carbocycles. The molecule has 0 fully saturated rings. The number of nitrogens with zero attached hydrogens (tertiary/aromatic N) is 3. The van der Waals surface area contributed by atoms with Crippen LogP contribution in [0, 0.1) is 0 Å². The second-order valence-electron chi connectivity index (χ2n) is 6.19. The Kier molecular flexibility index (Phi) is 4.46. The molecule has 0 saturated carbocycles. The minimum Gasteiger partial charge on any atom is -0.496 e. The van der Waals surface area contributed by atoms with Gasteiger partial charge in [-0.15, -0.1) is 5.10 Å². The van der Waals surface area contributed by atoms with Crippen molar-refractivity contribution < 1.29 is 4.74 Å². The lowest BCUT2D eigenvalue weighted by Gasteiger charge is -2.21. The van der Waals surface area contributed by atoms with Gasteiger partial charge in [-0.25, -0.2) is 0 Å². The van der Waals surface area contributed by atoms with E-state index in [4.69, 9.17) is 4.74 Å². The highest BCUT2D eigenvalue weighted by Crippen LogP contribution is 2.23. The Hall–Kier alpha value is -2.10. The number of anilines is 1. The van der Waals surface area contributed by atoms with Crippen LogP contribution < -0.4 is 9.64 Å². The van der Waals surface area contributed by atoms with Crippen molar-refractivity contribution in [2.45, 2.75) is 32.7 Å². The lowest BCUT2D eigenvalue weighted by atomic mass is 9.92. The topological polar surface area (TPSA) is 38.2 Å². The van der Waals surface area contributed by atoms with E-state index in [9.17, 15) is 0 Å². The molecule has 21 heavy (non-hydrogen) atoms. The van der Waals surface area contributed by atoms with Gasteiger partial charge in [0.25, 0.3) is 0 Å². The second kappa shape index (κ2) is 6.12. The highest BCUT2D eigenvalue weighted by molar-refractivity contribution is 5.41. The van der Waals surface area contributed by atoms with E-state index >= 15 is 0 Å². The van der Waals surface area contributed by atoms with Gasteiger partial charge in [0.15, 0.2) is 5.82 Å². The quantitative estimate of drug-likeness (QED) is 0.862. The normalized spacial score (nSPS) is 11.3. The highest BCUT2D eigenvalue weighted by atomic mass is 16.5. The Morgan fingerprint density at radius 2 is 1.76 bits per heavy atom. The summed E-state index contributed by atoms with van der Waals surface area (Å²) in [4.78, 5) is 2.07. The number of hydrogen-bond acceptors (Lipinski definition) is 4. The molecule has 1 heterocycles. The van der Waals surface area contributed by atoms with Crippen molar-refractivity contribution in [3.05, 3.63) is 47.7 Å². The Morgan fingerprint density at radius 3 is 2.33 bits per heavy atom. The minimum atomic E-state index is 0.0206. The van der Waals surface area contributed by atoms with Crippen LogP contribution in [0.1, 0.15) is 32.0 Å². The maximum absolute atomic E-state index is 5.38. The van der Waals surface area contributed by atoms with Crippen LogP contribution in [-0.4, -0.2) is 24.4 Å². The first-order valence-corrected chi connectivity index (χ1v) is 7.09. The zero-order chi connectivity index (χ0) is 15.5. The van der Waals surface area contributed by atoms with E-state index in [0.717, 1.165) is 29.4 Å². The third-order valence-corrected chi connectivity index (χ3v) is 3.41. The van der Waals surface area contributed by atoms with Gasteiger partial charge >= 0.3 is 0 Å². The molecule has 0 aliphatic rings. The smallest absolute Gasteiger partial charge is 0.151 e. The van der Waals surface area contributed by atoms with Crippen LogP contribution in [0.3, 0.4) is 0 Å². The van der Waals surface area contributed by atoms with Gasteiger partial charge in [-0.05, 0) is 18.2 Å². The standard InChI is InChI=1S/C17H23N3O/c1-17(2,3)15-10-11-16(19-18-15)20(4)12-13-8-6-7-9-14(13)21-5/h6-11H,12H2,1-5H3. The molecule has 0 unspecified atom stereocenters. The summed E-state index contributed by atoms with van der Waals surface area (Å²) in [6.45, 7) is 7.13. The monoisotopic (exact) mass is 285 g/mol. The predicted molar refractivity (Wildman–Crippen MR) is 85.8 cm³/mol. The summed E-state index contributed by atoms with van der Waals surface area (Å²) in [7, 11) is 3.70. The molecule has 0 N–H and O–H groups in total. The molecule has 2 rings (SSSR count). The third kappa shape index (κ3) is 3.72. The molecule has 0 atom stereocenters. The maximum atomic E-state index is 5.38. The third-order valence-electron chi connectivity index (χ3n) is 3.41. The maximum Gasteiger partial charge on any atom is 0.151 e. The predicted octanol–water partition coefficient (Wildman–Crippen LogP) is 3.42. The average Bonchev–Trinajstić information content (AvgIpc) is 2.47. The number of hydrogen-bond donors (Lipinski definition) is 0. The Labute approximate surface area is 126 Å². The van der Waals surface area contributed by atoms with Crippen molar-refractivity contribution in [3.8, 4) is 5.75 Å². The lowest BCUT2D eigenvalue weighted by Crippen LogP contribution is -2.20. The molecular weight excluding hydrogens is 262 g/mol. The van der Waals surface area contributed by atoms with E-state index in [2.05, 4.69) is 41.9 Å². The Morgan fingerprint density at radius 1 is 1.05 bits per heavy atom. The van der Waals surface area contributed by atoms with Gasteiger partial charge in [-0.1, -0.05) is 39.0 Å². The van der Waals surface area contributed by atoms with E-state index < -0.39 is 0 Å². The fraction of sp³-hybridized carbons (Fsp3) is 0.412. The van der Waals surface area contributed by atoms with Gasteiger partial charge in [0.05, 0.1) is 12.8 Å². The van der Waals surface area contributed by atoms with Crippen molar-refractivity contribution >= 4 is 5.82 Å². The molecule has 1 aromatic carbocycles. The van der Waals surface area contributed by atoms with Gasteiger partial charge in [0, 0.05) is 24.6 Å². The first-order valence-electron chi connectivity index (χ1n) is 7.09. The van der Waals surface area contributed by atoms with E-state index in [1.54, 1.807) is 7.11 Å². The minimum absolute atomic E-state index is 0.0206. The summed E-state index contributed by atoms with van der Waals surface area (Å²) in [5.41, 5.74) is 2.15. The number of rotatable bonds is 4. The molecule has 0 saturated heterocycles. The zero-order valence-electron chi connectivity index (χ0n) is 13.4. The van der Waals surface area contributed by atoms with Gasteiger partial charge < -0.3 is 9.64 Å². The first kappa shape index (κ1) is 15.3.